The van der Waals surface area contributed by atoms with Crippen molar-refractivity contribution in [3.8, 4) is 0 Å². The molecule has 264 valence electrons. The monoisotopic (exact) mass is 740 g/mol. The zero-order valence-corrected chi connectivity index (χ0v) is 32.6. The topological polar surface area (TPSA) is 34.1 Å². The molecule has 0 spiro atoms. The second-order valence-corrected chi connectivity index (χ2v) is 16.7. The average molecular weight is 741 g/mol. The van der Waals surface area contributed by atoms with E-state index in [0.717, 1.165) is 24.8 Å². The van der Waals surface area contributed by atoms with E-state index in [-0.39, 0.29) is 0 Å². The van der Waals surface area contributed by atoms with Crippen LogP contribution in [-0.2, 0) is 19.0 Å². The van der Waals surface area contributed by atoms with Crippen LogP contribution in [-0.4, -0.2) is 0 Å². The molecule has 1 aromatic rings. The Bertz CT molecular complexity index is 822. The predicted octanol–water partition coefficient (Wildman–Crippen LogP) is 15.7. The highest BCUT2D eigenvalue weighted by Gasteiger charge is 2.09. The van der Waals surface area contributed by atoms with Gasteiger partial charge in [-0.3, -0.25) is 0 Å². The van der Waals surface area contributed by atoms with Gasteiger partial charge in [-0.15, -0.1) is 0 Å². The number of halogens is 1. The molecular weight excluding hydrogens is 663 g/mol. The number of aryl methyl sites for hydroxylation is 2. The highest BCUT2D eigenvalue weighted by atomic mass is 127. The van der Waals surface area contributed by atoms with Gasteiger partial charge in [-0.1, -0.05) is 219 Å². The van der Waals surface area contributed by atoms with Crippen molar-refractivity contribution in [3.05, 3.63) is 32.9 Å². The lowest BCUT2D eigenvalue weighted by atomic mass is 9.99. The lowest BCUT2D eigenvalue weighted by molar-refractivity contribution is 0.529. The Labute approximate surface area is 289 Å². The fraction of sp³-hybridized carbons (Fsp3) is 0.857. The Hall–Kier alpha value is -0.450. The van der Waals surface area contributed by atoms with Crippen LogP contribution in [0.15, 0.2) is 18.2 Å². The Kier molecular flexibility index (Phi) is 31.6. The first kappa shape index (κ1) is 42.6. The molecule has 0 atom stereocenters. The van der Waals surface area contributed by atoms with Gasteiger partial charge in [-0.05, 0) is 42.9 Å². The molecule has 0 saturated heterocycles. The second kappa shape index (κ2) is 33.5. The van der Waals surface area contributed by atoms with E-state index in [2.05, 4.69) is 26.0 Å². The molecule has 2 nitrogen and oxygen atoms in total. The lowest BCUT2D eigenvalue weighted by Crippen LogP contribution is -1.95. The third-order valence-corrected chi connectivity index (χ3v) is 11.9. The van der Waals surface area contributed by atoms with Crippen LogP contribution in [0.4, 0.5) is 0 Å². The number of hydrogen-bond donors (Lipinski definition) is 0. The minimum absolute atomic E-state index is 0.649. The van der Waals surface area contributed by atoms with E-state index in [0.29, 0.717) is 3.57 Å². The van der Waals surface area contributed by atoms with E-state index in [1.54, 1.807) is 0 Å². The van der Waals surface area contributed by atoms with Gasteiger partial charge in [0.25, 0.3) is 0 Å². The molecule has 0 amide bonds. The standard InChI is InChI=1S/C42H77IO2/c1-3-5-7-9-11-13-15-17-19-21-23-25-27-29-31-33-35-40-37-38-42(43(44)45)41(39-40)36-34-32-30-28-26-24-22-20-18-16-14-12-10-8-6-4-2/h37-39H,3-36H2,1-2H3. The molecule has 0 N–H and O–H groups in total. The van der Waals surface area contributed by atoms with E-state index in [1.165, 1.54) is 205 Å². The molecule has 0 aliphatic carbocycles. The molecule has 0 aliphatic rings. The molecule has 1 aromatic carbocycles. The second-order valence-electron chi connectivity index (χ2n) is 14.2. The molecule has 45 heavy (non-hydrogen) atoms. The van der Waals surface area contributed by atoms with E-state index in [9.17, 15) is 6.14 Å². The number of hydrogen-bond acceptors (Lipinski definition) is 2. The van der Waals surface area contributed by atoms with Gasteiger partial charge in [0.1, 0.15) is 0 Å². The van der Waals surface area contributed by atoms with E-state index in [4.69, 9.17) is 0 Å². The van der Waals surface area contributed by atoms with Gasteiger partial charge in [0.15, 0.2) is 0 Å². The minimum Gasteiger partial charge on any atom is -0.230 e. The summed E-state index contributed by atoms with van der Waals surface area (Å²) in [6.45, 7) is 4.58. The Morgan fingerprint density at radius 2 is 0.667 bits per heavy atom. The summed E-state index contributed by atoms with van der Waals surface area (Å²) in [4.78, 5) is 0. The number of rotatable bonds is 35. The fourth-order valence-electron chi connectivity index (χ4n) is 6.87. The van der Waals surface area contributed by atoms with Crippen molar-refractivity contribution in [2.75, 3.05) is 0 Å². The van der Waals surface area contributed by atoms with Crippen LogP contribution < -0.4 is 0 Å². The van der Waals surface area contributed by atoms with Crippen LogP contribution in [0.2, 0.25) is 0 Å². The van der Waals surface area contributed by atoms with Gasteiger partial charge in [0, 0.05) is 0 Å². The largest absolute Gasteiger partial charge is 0.341 e. The Balaban J connectivity index is 2.03. The first-order chi connectivity index (χ1) is 22.2. The van der Waals surface area contributed by atoms with Crippen molar-refractivity contribution in [2.45, 2.75) is 232 Å². The Morgan fingerprint density at radius 3 is 0.978 bits per heavy atom. The summed E-state index contributed by atoms with van der Waals surface area (Å²) in [5.41, 5.74) is 2.44. The molecule has 0 aliphatic heterocycles. The molecule has 0 saturated carbocycles. The van der Waals surface area contributed by atoms with Crippen molar-refractivity contribution in [1.29, 1.82) is 0 Å². The van der Waals surface area contributed by atoms with Gasteiger partial charge in [0.2, 0.25) is 0 Å². The number of benzene rings is 1. The third kappa shape index (κ3) is 27.2. The maximum absolute atomic E-state index is 12.0. The smallest absolute Gasteiger partial charge is 0.230 e. The first-order valence-electron chi connectivity index (χ1n) is 20.4. The van der Waals surface area contributed by atoms with Crippen LogP contribution in [0.1, 0.15) is 230 Å². The first-order valence-corrected chi connectivity index (χ1v) is 23.2. The Morgan fingerprint density at radius 1 is 0.378 bits per heavy atom. The zero-order valence-electron chi connectivity index (χ0n) is 30.5. The van der Waals surface area contributed by atoms with Crippen molar-refractivity contribution in [3.63, 3.8) is 0 Å². The van der Waals surface area contributed by atoms with E-state index < -0.39 is 19.8 Å². The van der Waals surface area contributed by atoms with Gasteiger partial charge in [0.05, 0.1) is 3.57 Å². The van der Waals surface area contributed by atoms with Crippen LogP contribution in [0, 0.1) is 3.57 Å². The maximum Gasteiger partial charge on any atom is 0.341 e. The quantitative estimate of drug-likeness (QED) is 0.0513. The zero-order chi connectivity index (χ0) is 32.5. The minimum atomic E-state index is -3.43. The summed E-state index contributed by atoms with van der Waals surface area (Å²) in [5.74, 6) is 0. The molecule has 0 radical (unpaired) electrons. The highest BCUT2D eigenvalue weighted by molar-refractivity contribution is 14.2. The van der Waals surface area contributed by atoms with Gasteiger partial charge in [-0.2, -0.15) is 0 Å². The predicted molar refractivity (Wildman–Crippen MR) is 207 cm³/mol. The van der Waals surface area contributed by atoms with Crippen molar-refractivity contribution >= 4 is 19.8 Å². The molecule has 0 heterocycles. The number of unbranched alkanes of at least 4 members (excludes halogenated alkanes) is 30. The summed E-state index contributed by atoms with van der Waals surface area (Å²) in [6, 6.07) is 6.22. The summed E-state index contributed by atoms with van der Waals surface area (Å²) < 4.78 is 24.6. The van der Waals surface area contributed by atoms with Crippen LogP contribution >= 0.6 is 19.8 Å². The molecule has 3 heteroatoms. The summed E-state index contributed by atoms with van der Waals surface area (Å²) in [5, 5.41) is 0. The lowest BCUT2D eigenvalue weighted by Gasteiger charge is -2.09. The fourth-order valence-corrected chi connectivity index (χ4v) is 8.33. The van der Waals surface area contributed by atoms with E-state index >= 15 is 0 Å². The molecule has 0 bridgehead atoms. The normalized spacial score (nSPS) is 11.6. The van der Waals surface area contributed by atoms with Gasteiger partial charge in [-0.25, -0.2) is 6.14 Å². The third-order valence-electron chi connectivity index (χ3n) is 9.90. The molecular formula is C42H77IO2. The maximum atomic E-state index is 12.0. The van der Waals surface area contributed by atoms with Crippen molar-refractivity contribution < 1.29 is 6.14 Å². The van der Waals surface area contributed by atoms with Gasteiger partial charge < -0.3 is 0 Å². The van der Waals surface area contributed by atoms with Crippen LogP contribution in [0.25, 0.3) is 0 Å². The molecule has 1 rings (SSSR count). The molecule has 0 fully saturated rings. The van der Waals surface area contributed by atoms with Crippen molar-refractivity contribution in [1.82, 2.24) is 0 Å². The summed E-state index contributed by atoms with van der Waals surface area (Å²) in [7, 11) is 0. The van der Waals surface area contributed by atoms with Gasteiger partial charge >= 0.3 is 19.8 Å². The summed E-state index contributed by atoms with van der Waals surface area (Å²) in [6.07, 6.45) is 46.3. The molecule has 0 unspecified atom stereocenters. The van der Waals surface area contributed by atoms with Crippen LogP contribution in [0.3, 0.4) is 0 Å². The summed E-state index contributed by atoms with van der Waals surface area (Å²) >= 11 is -3.43. The highest BCUT2D eigenvalue weighted by Crippen LogP contribution is 2.26. The van der Waals surface area contributed by atoms with Crippen molar-refractivity contribution in [2.24, 2.45) is 0 Å². The van der Waals surface area contributed by atoms with Crippen LogP contribution in [0.5, 0.6) is 0 Å². The van der Waals surface area contributed by atoms with E-state index in [1.807, 2.05) is 6.07 Å². The SMILES string of the molecule is CCCCCCCCCCCCCCCCCCc1ccc(I(=O)=O)c(CCCCCCCCCCCCCCCCCC)c1. The average Bonchev–Trinajstić information content (AvgIpc) is 3.04. The molecule has 0 aromatic heterocycles.